The van der Waals surface area contributed by atoms with Crippen LogP contribution < -0.4 is 10.1 Å². The van der Waals surface area contributed by atoms with Gasteiger partial charge < -0.3 is 14.8 Å². The number of hydrogen-bond acceptors (Lipinski definition) is 6. The molecule has 1 saturated heterocycles. The number of morpholine rings is 1. The number of hydrogen-bond donors (Lipinski definition) is 1. The number of nitrogens with zero attached hydrogens (tertiary/aromatic N) is 1. The number of methoxy groups -OCH3 is 1. The molecule has 3 rings (SSSR count). The predicted molar refractivity (Wildman–Crippen MR) is 119 cm³/mol. The average Bonchev–Trinajstić information content (AvgIpc) is 2.71. The van der Waals surface area contributed by atoms with Gasteiger partial charge in [-0.1, -0.05) is 0 Å². The minimum atomic E-state index is -3.59. The Morgan fingerprint density at radius 1 is 1.17 bits per heavy atom. The van der Waals surface area contributed by atoms with E-state index in [9.17, 15) is 13.2 Å². The number of carbonyl (C=O) groups excluding carboxylic acids is 1. The zero-order chi connectivity index (χ0) is 21.9. The topological polar surface area (TPSA) is 84.9 Å². The van der Waals surface area contributed by atoms with Gasteiger partial charge in [0.1, 0.15) is 5.75 Å². The first kappa shape index (κ1) is 22.7. The van der Waals surface area contributed by atoms with Crippen molar-refractivity contribution in [3.63, 3.8) is 0 Å². The van der Waals surface area contributed by atoms with Crippen molar-refractivity contribution < 1.29 is 22.7 Å². The van der Waals surface area contributed by atoms with Gasteiger partial charge in [-0.3, -0.25) is 4.79 Å². The first-order valence-electron chi connectivity index (χ1n) is 9.57. The molecular formula is C21H25BrN2O5S. The third kappa shape index (κ3) is 5.21. The quantitative estimate of drug-likeness (QED) is 0.590. The second kappa shape index (κ2) is 9.47. The zero-order valence-electron chi connectivity index (χ0n) is 17.1. The largest absolute Gasteiger partial charge is 0.496 e. The van der Waals surface area contributed by atoms with Crippen molar-refractivity contribution in [1.29, 1.82) is 0 Å². The van der Waals surface area contributed by atoms with Crippen LogP contribution in [0.4, 0.5) is 5.69 Å². The number of Topliss-reactive ketones (excluding diaryl/α,β-unsaturated/α-hetero) is 1. The van der Waals surface area contributed by atoms with Crippen LogP contribution in [0.15, 0.2) is 51.8 Å². The van der Waals surface area contributed by atoms with Crippen molar-refractivity contribution in [2.75, 3.05) is 32.1 Å². The highest BCUT2D eigenvalue weighted by Gasteiger charge is 2.32. The van der Waals surface area contributed by atoms with Gasteiger partial charge in [-0.25, -0.2) is 8.42 Å². The number of ketones is 1. The van der Waals surface area contributed by atoms with Gasteiger partial charge in [0.15, 0.2) is 5.78 Å². The fourth-order valence-corrected chi connectivity index (χ4v) is 5.48. The van der Waals surface area contributed by atoms with Crippen LogP contribution in [0.25, 0.3) is 0 Å². The first-order valence-corrected chi connectivity index (χ1v) is 11.8. The number of nitrogens with one attached hydrogen (secondary N) is 1. The third-order valence-electron chi connectivity index (χ3n) is 4.81. The van der Waals surface area contributed by atoms with Gasteiger partial charge in [-0.2, -0.15) is 4.31 Å². The van der Waals surface area contributed by atoms with Crippen LogP contribution in [0.5, 0.6) is 5.75 Å². The molecule has 2 atom stereocenters. The third-order valence-corrected chi connectivity index (χ3v) is 7.27. The molecule has 0 radical (unpaired) electrons. The van der Waals surface area contributed by atoms with Gasteiger partial charge in [0.05, 0.1) is 35.2 Å². The summed E-state index contributed by atoms with van der Waals surface area (Å²) in [4.78, 5) is 12.6. The van der Waals surface area contributed by atoms with Crippen LogP contribution in [-0.2, 0) is 14.8 Å². The van der Waals surface area contributed by atoms with Crippen molar-refractivity contribution in [2.24, 2.45) is 0 Å². The molecule has 30 heavy (non-hydrogen) atoms. The van der Waals surface area contributed by atoms with Crippen molar-refractivity contribution in [3.05, 3.63) is 52.5 Å². The highest BCUT2D eigenvalue weighted by atomic mass is 79.9. The standard InChI is InChI=1S/C21H25BrN2O5S/c1-14-12-24(13-15(2)29-14)30(26,27)18-7-5-17(6-8-18)23-11-20(25)16-4-9-21(28-3)19(22)10-16/h4-10,14-15,23H,11-13H2,1-3H3. The molecule has 9 heteroatoms. The van der Waals surface area contributed by atoms with E-state index in [4.69, 9.17) is 9.47 Å². The summed E-state index contributed by atoms with van der Waals surface area (Å²) in [5.74, 6) is 0.562. The highest BCUT2D eigenvalue weighted by molar-refractivity contribution is 9.10. The molecule has 0 saturated carbocycles. The Hall–Kier alpha value is -1.94. The van der Waals surface area contributed by atoms with Crippen molar-refractivity contribution in [3.8, 4) is 5.75 Å². The van der Waals surface area contributed by atoms with E-state index in [1.165, 1.54) is 4.31 Å². The summed E-state index contributed by atoms with van der Waals surface area (Å²) in [6.45, 7) is 4.48. The van der Waals surface area contributed by atoms with E-state index in [1.54, 1.807) is 49.6 Å². The second-order valence-corrected chi connectivity index (χ2v) is 10.0. The Balaban J connectivity index is 1.64. The average molecular weight is 497 g/mol. The molecule has 162 valence electrons. The van der Waals surface area contributed by atoms with Gasteiger partial charge in [0.25, 0.3) is 0 Å². The monoisotopic (exact) mass is 496 g/mol. The van der Waals surface area contributed by atoms with Gasteiger partial charge in [0, 0.05) is 24.3 Å². The summed E-state index contributed by atoms with van der Waals surface area (Å²) < 4.78 is 38.8. The number of rotatable bonds is 7. The Bertz CT molecular complexity index is 1000. The number of anilines is 1. The van der Waals surface area contributed by atoms with Crippen molar-refractivity contribution in [2.45, 2.75) is 31.0 Å². The van der Waals surface area contributed by atoms with Gasteiger partial charge >= 0.3 is 0 Å². The molecule has 0 amide bonds. The van der Waals surface area contributed by atoms with Gasteiger partial charge in [-0.05, 0) is 72.2 Å². The lowest BCUT2D eigenvalue weighted by Crippen LogP contribution is -2.48. The summed E-state index contributed by atoms with van der Waals surface area (Å²) in [6.07, 6.45) is -0.290. The Morgan fingerprint density at radius 3 is 2.37 bits per heavy atom. The number of sulfonamides is 1. The fraction of sp³-hybridized carbons (Fsp3) is 0.381. The van der Waals surface area contributed by atoms with E-state index in [2.05, 4.69) is 21.2 Å². The summed E-state index contributed by atoms with van der Waals surface area (Å²) in [5.41, 5.74) is 1.21. The molecule has 2 aromatic rings. The first-order chi connectivity index (χ1) is 14.2. The van der Waals surface area contributed by atoms with Crippen LogP contribution >= 0.6 is 15.9 Å². The molecule has 1 aliphatic rings. The fourth-order valence-electron chi connectivity index (χ4n) is 3.35. The summed E-state index contributed by atoms with van der Waals surface area (Å²) in [7, 11) is -2.03. The lowest BCUT2D eigenvalue weighted by molar-refractivity contribution is -0.0440. The van der Waals surface area contributed by atoms with E-state index >= 15 is 0 Å². The minimum absolute atomic E-state index is 0.0867. The summed E-state index contributed by atoms with van der Waals surface area (Å²) in [5, 5.41) is 3.04. The molecule has 0 aliphatic carbocycles. The number of ether oxygens (including phenoxy) is 2. The zero-order valence-corrected chi connectivity index (χ0v) is 19.5. The van der Waals surface area contributed by atoms with E-state index < -0.39 is 10.0 Å². The van der Waals surface area contributed by atoms with E-state index in [-0.39, 0.29) is 29.4 Å². The van der Waals surface area contributed by atoms with E-state index in [0.29, 0.717) is 34.6 Å². The van der Waals surface area contributed by atoms with Crippen molar-refractivity contribution >= 4 is 37.4 Å². The molecule has 2 aromatic carbocycles. The van der Waals surface area contributed by atoms with Crippen molar-refractivity contribution in [1.82, 2.24) is 4.31 Å². The van der Waals surface area contributed by atoms with Crippen LogP contribution in [0.2, 0.25) is 0 Å². The second-order valence-electron chi connectivity index (χ2n) is 7.23. The predicted octanol–water partition coefficient (Wildman–Crippen LogP) is 3.55. The van der Waals surface area contributed by atoms with Crippen LogP contribution in [0.3, 0.4) is 0 Å². The normalized spacial score (nSPS) is 20.0. The Kier molecular flexibility index (Phi) is 7.18. The maximum Gasteiger partial charge on any atom is 0.243 e. The van der Waals surface area contributed by atoms with E-state index in [0.717, 1.165) is 0 Å². The molecule has 1 aliphatic heterocycles. The molecule has 2 unspecified atom stereocenters. The van der Waals surface area contributed by atoms with Gasteiger partial charge in [0.2, 0.25) is 10.0 Å². The minimum Gasteiger partial charge on any atom is -0.496 e. The molecule has 0 spiro atoms. The molecule has 1 fully saturated rings. The van der Waals surface area contributed by atoms with Crippen LogP contribution in [0, 0.1) is 0 Å². The molecule has 0 aromatic heterocycles. The van der Waals surface area contributed by atoms with Gasteiger partial charge in [-0.15, -0.1) is 0 Å². The molecule has 7 nitrogen and oxygen atoms in total. The molecule has 1 heterocycles. The molecular weight excluding hydrogens is 472 g/mol. The Morgan fingerprint density at radius 2 is 1.80 bits per heavy atom. The number of halogens is 1. The highest BCUT2D eigenvalue weighted by Crippen LogP contribution is 2.26. The smallest absolute Gasteiger partial charge is 0.243 e. The Labute approximate surface area is 185 Å². The molecule has 1 N–H and O–H groups in total. The lowest BCUT2D eigenvalue weighted by Gasteiger charge is -2.34. The molecule has 0 bridgehead atoms. The number of carbonyl (C=O) groups is 1. The van der Waals surface area contributed by atoms with Crippen LogP contribution in [-0.4, -0.2) is 57.5 Å². The van der Waals surface area contributed by atoms with E-state index in [1.807, 2.05) is 13.8 Å². The maximum absolute atomic E-state index is 12.9. The maximum atomic E-state index is 12.9. The number of benzene rings is 2. The lowest BCUT2D eigenvalue weighted by atomic mass is 10.1. The summed E-state index contributed by atoms with van der Waals surface area (Å²) >= 11 is 3.37. The summed E-state index contributed by atoms with van der Waals surface area (Å²) in [6, 6.07) is 11.6. The van der Waals surface area contributed by atoms with Crippen LogP contribution in [0.1, 0.15) is 24.2 Å². The SMILES string of the molecule is COc1ccc(C(=O)CNc2ccc(S(=O)(=O)N3CC(C)OC(C)C3)cc2)cc1Br.